The quantitative estimate of drug-likeness (QED) is 0.405. The predicted octanol–water partition coefficient (Wildman–Crippen LogP) is 4.81. The number of hydrogen-bond acceptors (Lipinski definition) is 7. The Morgan fingerprint density at radius 3 is 2.37 bits per heavy atom. The van der Waals surface area contributed by atoms with Crippen molar-refractivity contribution in [3.05, 3.63) is 65.4 Å². The molecule has 0 aliphatic heterocycles. The lowest BCUT2D eigenvalue weighted by Gasteiger charge is -2.14. The molecule has 0 saturated carbocycles. The molecule has 0 aliphatic rings. The molecule has 2 heterocycles. The summed E-state index contributed by atoms with van der Waals surface area (Å²) >= 11 is 3.52. The van der Waals surface area contributed by atoms with Crippen LogP contribution in [0, 0.1) is 0 Å². The Labute approximate surface area is 182 Å². The molecule has 152 valence electrons. The first kappa shape index (κ1) is 20.6. The number of nitrogens with two attached hydrogens (primary N) is 1. The standard InChI is InChI=1S/C21H18BrN4O3P/c1-28-30(27,29-2)16-8-6-13(7-9-16)18-11-17(14-4-3-5-15(22)10-14)19-20(23)24-12-25-21(19)26-18/h3-12H,1-2H3,(H2,23,24,25,26). The molecule has 7 nitrogen and oxygen atoms in total. The van der Waals surface area contributed by atoms with E-state index in [1.165, 1.54) is 20.5 Å². The van der Waals surface area contributed by atoms with E-state index in [1.54, 1.807) is 12.1 Å². The van der Waals surface area contributed by atoms with Gasteiger partial charge in [-0.05, 0) is 41.5 Å². The van der Waals surface area contributed by atoms with Gasteiger partial charge in [0.25, 0.3) is 0 Å². The number of benzene rings is 2. The lowest BCUT2D eigenvalue weighted by atomic mass is 10.00. The van der Waals surface area contributed by atoms with Gasteiger partial charge in [-0.1, -0.05) is 40.2 Å². The van der Waals surface area contributed by atoms with Crippen molar-refractivity contribution in [2.24, 2.45) is 0 Å². The molecule has 2 aromatic heterocycles. The topological polar surface area (TPSA) is 100 Å². The maximum atomic E-state index is 12.6. The van der Waals surface area contributed by atoms with Crippen LogP contribution in [0.2, 0.25) is 0 Å². The molecule has 4 rings (SSSR count). The molecule has 4 aromatic rings. The first-order chi connectivity index (χ1) is 14.4. The number of rotatable bonds is 5. The monoisotopic (exact) mass is 484 g/mol. The summed E-state index contributed by atoms with van der Waals surface area (Å²) in [5, 5.41) is 1.16. The van der Waals surface area contributed by atoms with Gasteiger partial charge < -0.3 is 14.8 Å². The van der Waals surface area contributed by atoms with E-state index in [2.05, 4.69) is 30.9 Å². The van der Waals surface area contributed by atoms with E-state index >= 15 is 0 Å². The number of hydrogen-bond donors (Lipinski definition) is 1. The van der Waals surface area contributed by atoms with Crippen LogP contribution < -0.4 is 11.0 Å². The maximum Gasteiger partial charge on any atom is 0.360 e. The van der Waals surface area contributed by atoms with Crippen molar-refractivity contribution in [2.45, 2.75) is 0 Å². The minimum absolute atomic E-state index is 0.366. The summed E-state index contributed by atoms with van der Waals surface area (Å²) in [5.41, 5.74) is 10.0. The molecule has 0 radical (unpaired) electrons. The maximum absolute atomic E-state index is 12.6. The lowest BCUT2D eigenvalue weighted by molar-refractivity contribution is 0.287. The third kappa shape index (κ3) is 3.75. The number of fused-ring (bicyclic) bond motifs is 1. The van der Waals surface area contributed by atoms with Crippen LogP contribution in [-0.2, 0) is 13.6 Å². The summed E-state index contributed by atoms with van der Waals surface area (Å²) < 4.78 is 23.7. The minimum atomic E-state index is -3.32. The zero-order valence-electron chi connectivity index (χ0n) is 16.2. The zero-order valence-corrected chi connectivity index (χ0v) is 18.7. The predicted molar refractivity (Wildman–Crippen MR) is 122 cm³/mol. The SMILES string of the molecule is COP(=O)(OC)c1ccc(-c2cc(-c3cccc(Br)c3)c3c(N)ncnc3n2)cc1. The van der Waals surface area contributed by atoms with E-state index in [-0.39, 0.29) is 0 Å². The lowest BCUT2D eigenvalue weighted by Crippen LogP contribution is -2.07. The Morgan fingerprint density at radius 2 is 1.70 bits per heavy atom. The third-order valence-electron chi connectivity index (χ3n) is 4.73. The molecule has 9 heteroatoms. The Kier molecular flexibility index (Phi) is 5.66. The van der Waals surface area contributed by atoms with E-state index in [0.29, 0.717) is 27.8 Å². The molecule has 0 bridgehead atoms. The Balaban J connectivity index is 1.90. The smallest absolute Gasteiger partial charge is 0.360 e. The van der Waals surface area contributed by atoms with Crippen LogP contribution in [0.5, 0.6) is 0 Å². The van der Waals surface area contributed by atoms with E-state index < -0.39 is 7.60 Å². The van der Waals surface area contributed by atoms with Gasteiger partial charge in [0.15, 0.2) is 5.65 Å². The molecular formula is C21H18BrN4O3P. The van der Waals surface area contributed by atoms with Crippen LogP contribution >= 0.6 is 23.5 Å². The zero-order chi connectivity index (χ0) is 21.3. The fraction of sp³-hybridized carbons (Fsp3) is 0.0952. The summed E-state index contributed by atoms with van der Waals surface area (Å²) in [4.78, 5) is 13.1. The average molecular weight is 485 g/mol. The van der Waals surface area contributed by atoms with E-state index in [1.807, 2.05) is 42.5 Å². The summed E-state index contributed by atoms with van der Waals surface area (Å²) in [6, 6.07) is 16.9. The van der Waals surface area contributed by atoms with Crippen LogP contribution in [0.1, 0.15) is 0 Å². The highest BCUT2D eigenvalue weighted by Gasteiger charge is 2.24. The second-order valence-corrected chi connectivity index (χ2v) is 9.59. The molecule has 0 unspecified atom stereocenters. The second-order valence-electron chi connectivity index (χ2n) is 6.43. The highest BCUT2D eigenvalue weighted by molar-refractivity contribution is 9.10. The van der Waals surface area contributed by atoms with Gasteiger partial charge in [-0.2, -0.15) is 0 Å². The van der Waals surface area contributed by atoms with Gasteiger partial charge in [0.2, 0.25) is 0 Å². The first-order valence-electron chi connectivity index (χ1n) is 8.95. The highest BCUT2D eigenvalue weighted by Crippen LogP contribution is 2.45. The fourth-order valence-electron chi connectivity index (χ4n) is 3.22. The number of halogens is 1. The van der Waals surface area contributed by atoms with Crippen LogP contribution in [-0.4, -0.2) is 29.2 Å². The number of nitrogens with zero attached hydrogens (tertiary/aromatic N) is 3. The summed E-state index contributed by atoms with van der Waals surface area (Å²) in [5.74, 6) is 0.366. The van der Waals surface area contributed by atoms with Crippen LogP contribution in [0.25, 0.3) is 33.4 Å². The van der Waals surface area contributed by atoms with Gasteiger partial charge in [0.1, 0.15) is 12.1 Å². The van der Waals surface area contributed by atoms with Crippen molar-refractivity contribution < 1.29 is 13.6 Å². The van der Waals surface area contributed by atoms with E-state index in [4.69, 9.17) is 14.8 Å². The fourth-order valence-corrected chi connectivity index (χ4v) is 4.70. The molecule has 2 aromatic carbocycles. The third-order valence-corrected chi connectivity index (χ3v) is 7.11. The summed E-state index contributed by atoms with van der Waals surface area (Å²) in [6.07, 6.45) is 1.40. The van der Waals surface area contributed by atoms with Crippen molar-refractivity contribution in [1.29, 1.82) is 0 Å². The van der Waals surface area contributed by atoms with Crippen LogP contribution in [0.3, 0.4) is 0 Å². The van der Waals surface area contributed by atoms with Crippen molar-refractivity contribution in [3.8, 4) is 22.4 Å². The molecule has 0 amide bonds. The summed E-state index contributed by atoms with van der Waals surface area (Å²) in [6.45, 7) is 0. The van der Waals surface area contributed by atoms with Crippen molar-refractivity contribution in [1.82, 2.24) is 15.0 Å². The summed E-state index contributed by atoms with van der Waals surface area (Å²) in [7, 11) is -0.599. The Bertz CT molecular complexity index is 1270. The molecule has 0 aliphatic carbocycles. The van der Waals surface area contributed by atoms with E-state index in [0.717, 1.165) is 21.2 Å². The second kappa shape index (κ2) is 8.24. The largest absolute Gasteiger partial charge is 0.383 e. The molecule has 30 heavy (non-hydrogen) atoms. The van der Waals surface area contributed by atoms with Crippen LogP contribution in [0.4, 0.5) is 5.82 Å². The molecule has 0 fully saturated rings. The molecule has 0 spiro atoms. The van der Waals surface area contributed by atoms with Gasteiger partial charge in [0, 0.05) is 24.3 Å². The van der Waals surface area contributed by atoms with Gasteiger partial charge in [-0.25, -0.2) is 15.0 Å². The van der Waals surface area contributed by atoms with Gasteiger partial charge in [-0.15, -0.1) is 0 Å². The molecule has 0 saturated heterocycles. The van der Waals surface area contributed by atoms with Crippen molar-refractivity contribution >= 4 is 45.7 Å². The highest BCUT2D eigenvalue weighted by atomic mass is 79.9. The normalized spacial score (nSPS) is 11.7. The number of nitrogen functional groups attached to an aromatic ring is 1. The molecule has 2 N–H and O–H groups in total. The van der Waals surface area contributed by atoms with Gasteiger partial charge in [-0.3, -0.25) is 4.57 Å². The number of aromatic nitrogens is 3. The van der Waals surface area contributed by atoms with Crippen LogP contribution in [0.15, 0.2) is 65.4 Å². The Hall–Kier alpha value is -2.64. The van der Waals surface area contributed by atoms with Gasteiger partial charge in [0.05, 0.1) is 16.4 Å². The minimum Gasteiger partial charge on any atom is -0.383 e. The number of anilines is 1. The van der Waals surface area contributed by atoms with Gasteiger partial charge >= 0.3 is 7.60 Å². The Morgan fingerprint density at radius 1 is 0.967 bits per heavy atom. The number of pyridine rings is 1. The molecular weight excluding hydrogens is 467 g/mol. The first-order valence-corrected chi connectivity index (χ1v) is 11.3. The van der Waals surface area contributed by atoms with Crippen molar-refractivity contribution in [2.75, 3.05) is 20.0 Å². The average Bonchev–Trinajstić information content (AvgIpc) is 2.78. The van der Waals surface area contributed by atoms with E-state index in [9.17, 15) is 4.57 Å². The van der Waals surface area contributed by atoms with Crippen molar-refractivity contribution in [3.63, 3.8) is 0 Å². The molecule has 0 atom stereocenters.